The zero-order valence-electron chi connectivity index (χ0n) is 9.16. The lowest BCUT2D eigenvalue weighted by atomic mass is 10.1. The molecular formula is C9H6F5NO4. The number of pyridine rings is 1. The minimum absolute atomic E-state index is 0.349. The molecule has 0 saturated carbocycles. The Morgan fingerprint density at radius 3 is 2.37 bits per heavy atom. The molecule has 0 unspecified atom stereocenters. The van der Waals surface area contributed by atoms with Gasteiger partial charge in [-0.15, -0.1) is 13.2 Å². The quantitative estimate of drug-likeness (QED) is 0.862. The lowest BCUT2D eigenvalue weighted by Gasteiger charge is -2.15. The lowest BCUT2D eigenvalue weighted by molar-refractivity contribution is -0.274. The Balaban J connectivity index is 3.49. The van der Waals surface area contributed by atoms with E-state index in [4.69, 9.17) is 5.11 Å². The van der Waals surface area contributed by atoms with Crippen molar-refractivity contribution in [2.24, 2.45) is 0 Å². The van der Waals surface area contributed by atoms with E-state index in [1.165, 1.54) is 0 Å². The van der Waals surface area contributed by atoms with Crippen molar-refractivity contribution >= 4 is 5.97 Å². The first-order valence-electron chi connectivity index (χ1n) is 4.51. The molecule has 0 amide bonds. The van der Waals surface area contributed by atoms with Gasteiger partial charge in [-0.3, -0.25) is 0 Å². The van der Waals surface area contributed by atoms with E-state index in [1.807, 2.05) is 0 Å². The third-order valence-electron chi connectivity index (χ3n) is 1.90. The largest absolute Gasteiger partial charge is 0.573 e. The van der Waals surface area contributed by atoms with Crippen LogP contribution in [0.1, 0.15) is 22.3 Å². The molecule has 0 radical (unpaired) electrons. The van der Waals surface area contributed by atoms with Crippen molar-refractivity contribution in [2.45, 2.75) is 12.8 Å². The number of aromatic carboxylic acids is 1. The van der Waals surface area contributed by atoms with Gasteiger partial charge < -0.3 is 14.6 Å². The number of halogens is 5. The van der Waals surface area contributed by atoms with Gasteiger partial charge in [0.15, 0.2) is 5.75 Å². The Labute approximate surface area is 102 Å². The van der Waals surface area contributed by atoms with Crippen molar-refractivity contribution in [2.75, 3.05) is 7.11 Å². The molecule has 0 aliphatic carbocycles. The molecule has 0 aliphatic heterocycles. The van der Waals surface area contributed by atoms with Crippen LogP contribution in [0, 0.1) is 0 Å². The van der Waals surface area contributed by atoms with Crippen molar-refractivity contribution in [3.05, 3.63) is 17.3 Å². The summed E-state index contributed by atoms with van der Waals surface area (Å²) in [5.74, 6) is -4.15. The minimum atomic E-state index is -5.24. The van der Waals surface area contributed by atoms with Gasteiger partial charge in [-0.2, -0.15) is 0 Å². The number of hydrogen-bond acceptors (Lipinski definition) is 4. The van der Waals surface area contributed by atoms with Crippen LogP contribution in [0.4, 0.5) is 22.0 Å². The SMILES string of the molecule is COc1ncc(OC(F)(F)F)c(C(=O)O)c1C(F)F. The summed E-state index contributed by atoms with van der Waals surface area (Å²) >= 11 is 0. The highest BCUT2D eigenvalue weighted by Gasteiger charge is 2.36. The number of carboxylic acid groups (broad SMARTS) is 1. The number of rotatable bonds is 4. The summed E-state index contributed by atoms with van der Waals surface area (Å²) in [5.41, 5.74) is -2.63. The van der Waals surface area contributed by atoms with Crippen molar-refractivity contribution < 1.29 is 41.3 Å². The lowest BCUT2D eigenvalue weighted by Crippen LogP contribution is -2.20. The number of nitrogens with zero attached hydrogens (tertiary/aromatic N) is 1. The van der Waals surface area contributed by atoms with Gasteiger partial charge in [-0.25, -0.2) is 18.6 Å². The van der Waals surface area contributed by atoms with Crippen LogP contribution in [0.3, 0.4) is 0 Å². The van der Waals surface area contributed by atoms with E-state index in [0.717, 1.165) is 7.11 Å². The fourth-order valence-electron chi connectivity index (χ4n) is 1.28. The van der Waals surface area contributed by atoms with E-state index in [-0.39, 0.29) is 0 Å². The van der Waals surface area contributed by atoms with Crippen LogP contribution >= 0.6 is 0 Å². The van der Waals surface area contributed by atoms with E-state index in [2.05, 4.69) is 14.5 Å². The number of ether oxygens (including phenoxy) is 2. The van der Waals surface area contributed by atoms with E-state index < -0.39 is 41.5 Å². The summed E-state index contributed by atoms with van der Waals surface area (Å²) in [4.78, 5) is 14.0. The maximum atomic E-state index is 12.7. The molecule has 19 heavy (non-hydrogen) atoms. The van der Waals surface area contributed by atoms with Crippen molar-refractivity contribution in [1.82, 2.24) is 4.98 Å². The number of hydrogen-bond donors (Lipinski definition) is 1. The maximum Gasteiger partial charge on any atom is 0.573 e. The highest BCUT2D eigenvalue weighted by molar-refractivity contribution is 5.93. The molecule has 0 aliphatic rings. The number of aromatic nitrogens is 1. The number of methoxy groups -OCH3 is 1. The molecule has 106 valence electrons. The first kappa shape index (κ1) is 14.9. The fraction of sp³-hybridized carbons (Fsp3) is 0.333. The molecule has 1 N–H and O–H groups in total. The molecule has 1 aromatic rings. The maximum absolute atomic E-state index is 12.7. The van der Waals surface area contributed by atoms with Gasteiger partial charge in [-0.05, 0) is 0 Å². The normalized spacial score (nSPS) is 11.5. The van der Waals surface area contributed by atoms with Crippen molar-refractivity contribution in [1.29, 1.82) is 0 Å². The molecule has 0 bridgehead atoms. The number of carboxylic acids is 1. The van der Waals surface area contributed by atoms with Gasteiger partial charge >= 0.3 is 12.3 Å². The monoisotopic (exact) mass is 287 g/mol. The Morgan fingerprint density at radius 2 is 2.00 bits per heavy atom. The van der Waals surface area contributed by atoms with Crippen LogP contribution in [-0.4, -0.2) is 29.5 Å². The summed E-state index contributed by atoms with van der Waals surface area (Å²) < 4.78 is 69.3. The van der Waals surface area contributed by atoms with Crippen LogP contribution in [-0.2, 0) is 0 Å². The molecule has 1 heterocycles. The predicted molar refractivity (Wildman–Crippen MR) is 49.4 cm³/mol. The standard InChI is InChI=1S/C9H6F5NO4/c1-18-7-5(6(10)11)4(8(16)17)3(2-15-7)19-9(12,13)14/h2,6H,1H3,(H,16,17). The van der Waals surface area contributed by atoms with Gasteiger partial charge in [0.1, 0.15) is 5.56 Å². The molecule has 0 fully saturated rings. The van der Waals surface area contributed by atoms with E-state index in [0.29, 0.717) is 6.20 Å². The summed E-state index contributed by atoms with van der Waals surface area (Å²) in [6.45, 7) is 0. The molecule has 0 spiro atoms. The Bertz CT molecular complexity index is 488. The summed E-state index contributed by atoms with van der Waals surface area (Å²) in [7, 11) is 0.921. The molecule has 0 atom stereocenters. The van der Waals surface area contributed by atoms with Crippen molar-refractivity contribution in [3.63, 3.8) is 0 Å². The highest BCUT2D eigenvalue weighted by atomic mass is 19.4. The van der Waals surface area contributed by atoms with Crippen molar-refractivity contribution in [3.8, 4) is 11.6 Å². The average Bonchev–Trinajstić information content (AvgIpc) is 2.25. The second kappa shape index (κ2) is 5.24. The summed E-state index contributed by atoms with van der Waals surface area (Å²) in [6.07, 6.45) is -8.29. The molecule has 1 aromatic heterocycles. The van der Waals surface area contributed by atoms with E-state index in [9.17, 15) is 26.7 Å². The van der Waals surface area contributed by atoms with Crippen LogP contribution in [0.5, 0.6) is 11.6 Å². The van der Waals surface area contributed by atoms with Crippen LogP contribution in [0.25, 0.3) is 0 Å². The van der Waals surface area contributed by atoms with Crippen LogP contribution in [0.2, 0.25) is 0 Å². The van der Waals surface area contributed by atoms with Gasteiger partial charge in [-0.1, -0.05) is 0 Å². The summed E-state index contributed by atoms with van der Waals surface area (Å²) in [6, 6.07) is 0. The van der Waals surface area contributed by atoms with Crippen LogP contribution < -0.4 is 9.47 Å². The molecule has 0 saturated heterocycles. The van der Waals surface area contributed by atoms with Gasteiger partial charge in [0, 0.05) is 0 Å². The van der Waals surface area contributed by atoms with Gasteiger partial charge in [0.2, 0.25) is 5.88 Å². The number of carbonyl (C=O) groups is 1. The smallest absolute Gasteiger partial charge is 0.481 e. The number of alkyl halides is 5. The predicted octanol–water partition coefficient (Wildman–Crippen LogP) is 2.62. The molecule has 5 nitrogen and oxygen atoms in total. The fourth-order valence-corrected chi connectivity index (χ4v) is 1.28. The average molecular weight is 287 g/mol. The minimum Gasteiger partial charge on any atom is -0.481 e. The van der Waals surface area contributed by atoms with Crippen LogP contribution in [0.15, 0.2) is 6.20 Å². The molecule has 1 rings (SSSR count). The van der Waals surface area contributed by atoms with Gasteiger partial charge in [0.25, 0.3) is 6.43 Å². The van der Waals surface area contributed by atoms with E-state index >= 15 is 0 Å². The second-order valence-corrected chi connectivity index (χ2v) is 3.07. The molecular weight excluding hydrogens is 281 g/mol. The zero-order chi connectivity index (χ0) is 14.8. The second-order valence-electron chi connectivity index (χ2n) is 3.07. The third-order valence-corrected chi connectivity index (χ3v) is 1.90. The zero-order valence-corrected chi connectivity index (χ0v) is 9.16. The Hall–Kier alpha value is -2.13. The van der Waals surface area contributed by atoms with E-state index in [1.54, 1.807) is 0 Å². The molecule has 0 aromatic carbocycles. The Kier molecular flexibility index (Phi) is 4.12. The first-order valence-corrected chi connectivity index (χ1v) is 4.51. The topological polar surface area (TPSA) is 68.7 Å². The molecule has 10 heteroatoms. The van der Waals surface area contributed by atoms with Gasteiger partial charge in [0.05, 0.1) is 18.9 Å². The third kappa shape index (κ3) is 3.42. The highest BCUT2D eigenvalue weighted by Crippen LogP contribution is 2.37. The summed E-state index contributed by atoms with van der Waals surface area (Å²) in [5, 5.41) is 8.75. The first-order chi connectivity index (χ1) is 8.67. The Morgan fingerprint density at radius 1 is 1.42 bits per heavy atom.